The number of nitrogens with two attached hydrogens (primary N) is 1. The van der Waals surface area contributed by atoms with Crippen LogP contribution in [0.2, 0.25) is 0 Å². The number of aryl methyl sites for hydroxylation is 1. The van der Waals surface area contributed by atoms with E-state index in [9.17, 15) is 8.42 Å². The van der Waals surface area contributed by atoms with E-state index in [0.717, 1.165) is 0 Å². The van der Waals surface area contributed by atoms with Gasteiger partial charge in [0.25, 0.3) is 0 Å². The molecule has 2 aromatic rings. The molecule has 0 fully saturated rings. The van der Waals surface area contributed by atoms with Crippen LogP contribution >= 0.6 is 0 Å². The summed E-state index contributed by atoms with van der Waals surface area (Å²) < 4.78 is 23.5. The van der Waals surface area contributed by atoms with Crippen LogP contribution in [0, 0.1) is 6.92 Å². The maximum atomic E-state index is 11.0. The molecule has 7 heteroatoms. The predicted octanol–water partition coefficient (Wildman–Crippen LogP) is -0.315. The lowest BCUT2D eigenvalue weighted by atomic mass is 10.5. The highest BCUT2D eigenvalue weighted by molar-refractivity contribution is 7.89. The molecular weight excluding hydrogens is 204 g/mol. The van der Waals surface area contributed by atoms with Gasteiger partial charge in [-0.25, -0.2) is 23.1 Å². The second kappa shape index (κ2) is 2.76. The Hall–Kier alpha value is -1.47. The minimum Gasteiger partial charge on any atom is -0.225 e. The maximum absolute atomic E-state index is 11.0. The van der Waals surface area contributed by atoms with Gasteiger partial charge in [-0.2, -0.15) is 5.10 Å². The highest BCUT2D eigenvalue weighted by Crippen LogP contribution is 2.09. The molecule has 0 aromatic carbocycles. The monoisotopic (exact) mass is 212 g/mol. The Morgan fingerprint density at radius 2 is 2.21 bits per heavy atom. The summed E-state index contributed by atoms with van der Waals surface area (Å²) in [5.74, 6) is 0.580. The summed E-state index contributed by atoms with van der Waals surface area (Å²) in [4.78, 5) is 4.06. The maximum Gasteiger partial charge on any atom is 0.238 e. The molecule has 0 unspecified atom stereocenters. The van der Waals surface area contributed by atoms with Gasteiger partial charge in [-0.05, 0) is 13.0 Å². The van der Waals surface area contributed by atoms with Crippen molar-refractivity contribution in [2.75, 3.05) is 0 Å². The fourth-order valence-corrected chi connectivity index (χ4v) is 1.67. The third kappa shape index (κ3) is 1.47. The number of primary sulfonamides is 1. The van der Waals surface area contributed by atoms with Crippen molar-refractivity contribution in [3.63, 3.8) is 0 Å². The third-order valence-electron chi connectivity index (χ3n) is 1.74. The molecule has 0 aliphatic heterocycles. The molecule has 0 spiro atoms. The van der Waals surface area contributed by atoms with Crippen molar-refractivity contribution >= 4 is 15.7 Å². The van der Waals surface area contributed by atoms with Crippen LogP contribution in [0.25, 0.3) is 5.65 Å². The first-order valence-corrected chi connectivity index (χ1v) is 5.37. The number of pyridine rings is 1. The van der Waals surface area contributed by atoms with E-state index in [0.29, 0.717) is 11.5 Å². The van der Waals surface area contributed by atoms with E-state index in [1.54, 1.807) is 6.92 Å². The van der Waals surface area contributed by atoms with Gasteiger partial charge in [-0.1, -0.05) is 0 Å². The second-order valence-electron chi connectivity index (χ2n) is 2.87. The number of sulfonamides is 1. The summed E-state index contributed by atoms with van der Waals surface area (Å²) in [6, 6.07) is 2.77. The Morgan fingerprint density at radius 3 is 2.86 bits per heavy atom. The first-order chi connectivity index (χ1) is 6.47. The molecule has 2 N–H and O–H groups in total. The van der Waals surface area contributed by atoms with Crippen molar-refractivity contribution < 1.29 is 8.42 Å². The van der Waals surface area contributed by atoms with Crippen LogP contribution in [0.1, 0.15) is 5.82 Å². The van der Waals surface area contributed by atoms with Gasteiger partial charge in [0.2, 0.25) is 10.0 Å². The van der Waals surface area contributed by atoms with Gasteiger partial charge in [0.05, 0.1) is 4.90 Å². The molecule has 2 aromatic heterocycles. The van der Waals surface area contributed by atoms with Gasteiger partial charge in [0.1, 0.15) is 5.82 Å². The van der Waals surface area contributed by atoms with Gasteiger partial charge >= 0.3 is 0 Å². The molecular formula is C7H8N4O2S. The summed E-state index contributed by atoms with van der Waals surface area (Å²) >= 11 is 0. The fraction of sp³-hybridized carbons (Fsp3) is 0.143. The SMILES string of the molecule is Cc1nc2cc(S(N)(=O)=O)ccn2n1. The topological polar surface area (TPSA) is 90.3 Å². The van der Waals surface area contributed by atoms with E-state index in [2.05, 4.69) is 10.1 Å². The van der Waals surface area contributed by atoms with Gasteiger partial charge < -0.3 is 0 Å². The normalized spacial score (nSPS) is 12.1. The van der Waals surface area contributed by atoms with E-state index in [-0.39, 0.29) is 4.90 Å². The molecule has 0 bridgehead atoms. The average molecular weight is 212 g/mol. The summed E-state index contributed by atoms with van der Waals surface area (Å²) in [5, 5.41) is 8.98. The number of fused-ring (bicyclic) bond motifs is 1. The van der Waals surface area contributed by atoms with Crippen molar-refractivity contribution in [3.05, 3.63) is 24.2 Å². The van der Waals surface area contributed by atoms with Gasteiger partial charge in [0.15, 0.2) is 5.65 Å². The molecule has 14 heavy (non-hydrogen) atoms. The third-order valence-corrected chi connectivity index (χ3v) is 2.65. The van der Waals surface area contributed by atoms with Crippen LogP contribution in [0.3, 0.4) is 0 Å². The summed E-state index contributed by atoms with van der Waals surface area (Å²) in [6.07, 6.45) is 1.51. The molecule has 6 nitrogen and oxygen atoms in total. The van der Waals surface area contributed by atoms with E-state index < -0.39 is 10.0 Å². The average Bonchev–Trinajstić information content (AvgIpc) is 2.41. The smallest absolute Gasteiger partial charge is 0.225 e. The van der Waals surface area contributed by atoms with E-state index in [4.69, 9.17) is 5.14 Å². The largest absolute Gasteiger partial charge is 0.238 e. The van der Waals surface area contributed by atoms with Gasteiger partial charge in [0, 0.05) is 12.3 Å². The van der Waals surface area contributed by atoms with Crippen molar-refractivity contribution in [1.82, 2.24) is 14.6 Å². The zero-order valence-electron chi connectivity index (χ0n) is 7.38. The van der Waals surface area contributed by atoms with E-state index in [1.165, 1.54) is 22.8 Å². The van der Waals surface area contributed by atoms with Crippen LogP contribution in [0.4, 0.5) is 0 Å². The quantitative estimate of drug-likeness (QED) is 0.701. The Morgan fingerprint density at radius 1 is 1.50 bits per heavy atom. The number of hydrogen-bond acceptors (Lipinski definition) is 4. The molecule has 74 valence electrons. The molecule has 0 saturated heterocycles. The lowest BCUT2D eigenvalue weighted by Crippen LogP contribution is -2.12. The second-order valence-corrected chi connectivity index (χ2v) is 4.43. The van der Waals surface area contributed by atoms with Crippen molar-refractivity contribution in [2.24, 2.45) is 5.14 Å². The lowest BCUT2D eigenvalue weighted by Gasteiger charge is -1.96. The molecule has 2 rings (SSSR count). The van der Waals surface area contributed by atoms with E-state index >= 15 is 0 Å². The zero-order chi connectivity index (χ0) is 10.3. The minimum absolute atomic E-state index is 0.0393. The standard InChI is InChI=1S/C7H8N4O2S/c1-5-9-7-4-6(14(8,12)13)2-3-11(7)10-5/h2-4H,1H3,(H2,8,12,13). The first-order valence-electron chi connectivity index (χ1n) is 3.83. The number of nitrogens with zero attached hydrogens (tertiary/aromatic N) is 3. The Kier molecular flexibility index (Phi) is 1.79. The molecule has 2 heterocycles. The van der Waals surface area contributed by atoms with Crippen LogP contribution in [-0.4, -0.2) is 23.0 Å². The number of aromatic nitrogens is 3. The molecule has 0 aliphatic rings. The number of hydrogen-bond donors (Lipinski definition) is 1. The van der Waals surface area contributed by atoms with Crippen LogP contribution < -0.4 is 5.14 Å². The van der Waals surface area contributed by atoms with Gasteiger partial charge in [-0.15, -0.1) is 0 Å². The molecule has 0 saturated carbocycles. The van der Waals surface area contributed by atoms with Gasteiger partial charge in [-0.3, -0.25) is 0 Å². The first kappa shape index (κ1) is 9.10. The summed E-state index contributed by atoms with van der Waals surface area (Å²) in [6.45, 7) is 1.73. The summed E-state index contributed by atoms with van der Waals surface area (Å²) in [5.41, 5.74) is 0.467. The van der Waals surface area contributed by atoms with Crippen LogP contribution in [-0.2, 0) is 10.0 Å². The highest BCUT2D eigenvalue weighted by atomic mass is 32.2. The lowest BCUT2D eigenvalue weighted by molar-refractivity contribution is 0.597. The Bertz CT molecular complexity index is 587. The highest BCUT2D eigenvalue weighted by Gasteiger charge is 2.09. The molecule has 0 radical (unpaired) electrons. The zero-order valence-corrected chi connectivity index (χ0v) is 8.19. The number of rotatable bonds is 1. The minimum atomic E-state index is -3.67. The molecule has 0 amide bonds. The Balaban J connectivity index is 2.74. The Labute approximate surface area is 80.4 Å². The van der Waals surface area contributed by atoms with Crippen molar-refractivity contribution in [3.8, 4) is 0 Å². The van der Waals surface area contributed by atoms with Crippen LogP contribution in [0.5, 0.6) is 0 Å². The van der Waals surface area contributed by atoms with E-state index in [1.807, 2.05) is 0 Å². The van der Waals surface area contributed by atoms with Crippen LogP contribution in [0.15, 0.2) is 23.2 Å². The predicted molar refractivity (Wildman–Crippen MR) is 49.1 cm³/mol. The molecule has 0 aliphatic carbocycles. The van der Waals surface area contributed by atoms with Crippen molar-refractivity contribution in [1.29, 1.82) is 0 Å². The fourth-order valence-electron chi connectivity index (χ4n) is 1.15. The van der Waals surface area contributed by atoms with Crippen molar-refractivity contribution in [2.45, 2.75) is 11.8 Å². The summed E-state index contributed by atoms with van der Waals surface area (Å²) in [7, 11) is -3.67. The molecule has 0 atom stereocenters.